The lowest BCUT2D eigenvalue weighted by atomic mass is 10.1. The van der Waals surface area contributed by atoms with Gasteiger partial charge in [-0.05, 0) is 31.5 Å². The lowest BCUT2D eigenvalue weighted by Gasteiger charge is -2.12. The molecule has 0 radical (unpaired) electrons. The Labute approximate surface area is 146 Å². The van der Waals surface area contributed by atoms with E-state index in [4.69, 9.17) is 6.42 Å². The molecule has 0 aliphatic rings. The third-order valence-corrected chi connectivity index (χ3v) is 3.78. The fraction of sp³-hybridized carbons (Fsp3) is 0.263. The topological polar surface area (TPSA) is 90.7 Å². The zero-order valence-corrected chi connectivity index (χ0v) is 14.2. The summed E-state index contributed by atoms with van der Waals surface area (Å²) in [6.07, 6.45) is 6.90. The average Bonchev–Trinajstić information content (AvgIpc) is 2.62. The van der Waals surface area contributed by atoms with Gasteiger partial charge < -0.3 is 5.11 Å². The highest BCUT2D eigenvalue weighted by Crippen LogP contribution is 2.32. The van der Waals surface area contributed by atoms with Crippen molar-refractivity contribution < 1.29 is 5.11 Å². The van der Waals surface area contributed by atoms with Crippen LogP contribution in [0.2, 0.25) is 0 Å². The number of azo groups is 1. The van der Waals surface area contributed by atoms with Crippen LogP contribution in [-0.4, -0.2) is 9.67 Å². The van der Waals surface area contributed by atoms with Gasteiger partial charge in [0.05, 0.1) is 5.69 Å². The first kappa shape index (κ1) is 18.0. The molecular formula is C19H18N4O2. The maximum atomic E-state index is 12.3. The molecule has 0 aliphatic heterocycles. The van der Waals surface area contributed by atoms with Crippen molar-refractivity contribution in [3.05, 3.63) is 51.3 Å². The molecule has 2 rings (SSSR count). The second-order valence-electron chi connectivity index (χ2n) is 5.49. The minimum absolute atomic E-state index is 0.0415. The van der Waals surface area contributed by atoms with Crippen molar-refractivity contribution in [1.29, 1.82) is 5.26 Å². The normalized spacial score (nSPS) is 10.6. The van der Waals surface area contributed by atoms with E-state index in [2.05, 4.69) is 16.1 Å². The van der Waals surface area contributed by atoms with Gasteiger partial charge in [-0.3, -0.25) is 9.36 Å². The molecule has 0 atom stereocenters. The molecule has 0 saturated heterocycles. The van der Waals surface area contributed by atoms with Crippen LogP contribution in [0.15, 0.2) is 39.3 Å². The molecule has 0 bridgehead atoms. The van der Waals surface area contributed by atoms with Gasteiger partial charge in [0.15, 0.2) is 5.69 Å². The molecule has 1 N–H and O–H groups in total. The number of rotatable bonds is 5. The smallest absolute Gasteiger partial charge is 0.271 e. The van der Waals surface area contributed by atoms with Crippen LogP contribution in [0, 0.1) is 30.6 Å². The molecule has 25 heavy (non-hydrogen) atoms. The van der Waals surface area contributed by atoms with E-state index in [1.165, 1.54) is 4.57 Å². The fourth-order valence-corrected chi connectivity index (χ4v) is 2.35. The maximum Gasteiger partial charge on any atom is 0.271 e. The van der Waals surface area contributed by atoms with Gasteiger partial charge >= 0.3 is 0 Å². The second kappa shape index (κ2) is 7.94. The van der Waals surface area contributed by atoms with Crippen molar-refractivity contribution >= 4 is 11.4 Å². The van der Waals surface area contributed by atoms with E-state index in [1.807, 2.05) is 13.0 Å². The van der Waals surface area contributed by atoms with Gasteiger partial charge in [-0.25, -0.2) is 0 Å². The summed E-state index contributed by atoms with van der Waals surface area (Å²) in [4.78, 5) is 12.3. The summed E-state index contributed by atoms with van der Waals surface area (Å²) in [5.41, 5.74) is 1.02. The van der Waals surface area contributed by atoms with E-state index >= 15 is 0 Å². The molecule has 126 valence electrons. The molecule has 1 aromatic heterocycles. The standard InChI is InChI=1S/C19H18N4O2/c1-4-6-10-23-18(24)16(12-20)13(3)17(19(23)25)22-21-15-9-7-8-14(5-2)11-15/h2,7-9,11,25H,4,6,10H2,1,3H3/b22-21+. The predicted octanol–water partition coefficient (Wildman–Crippen LogP) is 3.93. The third kappa shape index (κ3) is 3.76. The minimum atomic E-state index is -0.515. The number of pyridine rings is 1. The number of aromatic hydroxyl groups is 1. The second-order valence-corrected chi connectivity index (χ2v) is 5.49. The number of terminal acetylenes is 1. The number of hydrogen-bond acceptors (Lipinski definition) is 5. The van der Waals surface area contributed by atoms with Crippen molar-refractivity contribution in [2.45, 2.75) is 33.2 Å². The SMILES string of the molecule is C#Cc1cccc(/N=N/c2c(C)c(C#N)c(=O)n(CCCC)c2O)c1. The van der Waals surface area contributed by atoms with Gasteiger partial charge in [0.1, 0.15) is 11.6 Å². The van der Waals surface area contributed by atoms with Crippen molar-refractivity contribution in [3.63, 3.8) is 0 Å². The lowest BCUT2D eigenvalue weighted by Crippen LogP contribution is -2.23. The number of benzene rings is 1. The van der Waals surface area contributed by atoms with E-state index in [0.29, 0.717) is 29.8 Å². The highest BCUT2D eigenvalue weighted by molar-refractivity contribution is 5.59. The molecule has 0 fully saturated rings. The quantitative estimate of drug-likeness (QED) is 0.663. The van der Waals surface area contributed by atoms with Crippen LogP contribution in [0.3, 0.4) is 0 Å². The maximum absolute atomic E-state index is 12.3. The van der Waals surface area contributed by atoms with Gasteiger partial charge in [0, 0.05) is 17.7 Å². The Morgan fingerprint density at radius 1 is 1.36 bits per heavy atom. The molecule has 0 saturated carbocycles. The monoisotopic (exact) mass is 334 g/mol. The lowest BCUT2D eigenvalue weighted by molar-refractivity contribution is 0.402. The summed E-state index contributed by atoms with van der Waals surface area (Å²) < 4.78 is 1.17. The van der Waals surface area contributed by atoms with Gasteiger partial charge in [-0.15, -0.1) is 11.5 Å². The number of aromatic nitrogens is 1. The molecule has 2 aromatic rings. The first-order chi connectivity index (χ1) is 12.0. The van der Waals surface area contributed by atoms with Crippen LogP contribution in [0.1, 0.15) is 36.5 Å². The molecule has 1 aromatic carbocycles. The summed E-state index contributed by atoms with van der Waals surface area (Å²) in [7, 11) is 0. The molecule has 0 amide bonds. The third-order valence-electron chi connectivity index (χ3n) is 3.78. The molecule has 0 spiro atoms. The van der Waals surface area contributed by atoms with Crippen molar-refractivity contribution in [2.24, 2.45) is 10.2 Å². The van der Waals surface area contributed by atoms with Crippen molar-refractivity contribution in [1.82, 2.24) is 4.57 Å². The fourth-order valence-electron chi connectivity index (χ4n) is 2.35. The predicted molar refractivity (Wildman–Crippen MR) is 95.3 cm³/mol. The van der Waals surface area contributed by atoms with Crippen LogP contribution in [0.5, 0.6) is 5.88 Å². The Bertz CT molecular complexity index is 959. The van der Waals surface area contributed by atoms with Crippen LogP contribution in [0.4, 0.5) is 11.4 Å². The van der Waals surface area contributed by atoms with Gasteiger partial charge in [0.25, 0.3) is 5.56 Å². The molecular weight excluding hydrogens is 316 g/mol. The van der Waals surface area contributed by atoms with Crippen LogP contribution < -0.4 is 5.56 Å². The summed E-state index contributed by atoms with van der Waals surface area (Å²) in [5.74, 6) is 2.22. The van der Waals surface area contributed by atoms with Gasteiger partial charge in [-0.1, -0.05) is 25.3 Å². The van der Waals surface area contributed by atoms with E-state index in [-0.39, 0.29) is 17.1 Å². The molecule has 6 nitrogen and oxygen atoms in total. The van der Waals surface area contributed by atoms with E-state index < -0.39 is 5.56 Å². The summed E-state index contributed by atoms with van der Waals surface area (Å²) >= 11 is 0. The molecule has 0 unspecified atom stereocenters. The first-order valence-corrected chi connectivity index (χ1v) is 7.88. The number of nitriles is 1. The summed E-state index contributed by atoms with van der Waals surface area (Å²) in [6.45, 7) is 3.85. The van der Waals surface area contributed by atoms with Crippen LogP contribution in [-0.2, 0) is 6.54 Å². The summed E-state index contributed by atoms with van der Waals surface area (Å²) in [5, 5.41) is 27.9. The zero-order valence-electron chi connectivity index (χ0n) is 14.2. The highest BCUT2D eigenvalue weighted by atomic mass is 16.3. The average molecular weight is 334 g/mol. The van der Waals surface area contributed by atoms with E-state index in [0.717, 1.165) is 6.42 Å². The van der Waals surface area contributed by atoms with Crippen molar-refractivity contribution in [2.75, 3.05) is 0 Å². The number of nitrogens with zero attached hydrogens (tertiary/aromatic N) is 4. The van der Waals surface area contributed by atoms with Crippen LogP contribution >= 0.6 is 0 Å². The molecule has 0 aliphatic carbocycles. The van der Waals surface area contributed by atoms with Crippen LogP contribution in [0.25, 0.3) is 0 Å². The Balaban J connectivity index is 2.56. The Kier molecular flexibility index (Phi) is 5.71. The molecule has 1 heterocycles. The molecule has 6 heteroatoms. The van der Waals surface area contributed by atoms with Gasteiger partial charge in [-0.2, -0.15) is 10.4 Å². The van der Waals surface area contributed by atoms with Gasteiger partial charge in [0.2, 0.25) is 5.88 Å². The first-order valence-electron chi connectivity index (χ1n) is 7.88. The van der Waals surface area contributed by atoms with Crippen molar-refractivity contribution in [3.8, 4) is 24.3 Å². The number of hydrogen-bond donors (Lipinski definition) is 1. The Morgan fingerprint density at radius 2 is 2.12 bits per heavy atom. The Morgan fingerprint density at radius 3 is 2.76 bits per heavy atom. The number of unbranched alkanes of at least 4 members (excludes halogenated alkanes) is 1. The zero-order chi connectivity index (χ0) is 18.4. The summed E-state index contributed by atoms with van der Waals surface area (Å²) in [6, 6.07) is 8.80. The highest BCUT2D eigenvalue weighted by Gasteiger charge is 2.18. The largest absolute Gasteiger partial charge is 0.493 e. The Hall–Kier alpha value is -3.38. The van der Waals surface area contributed by atoms with E-state index in [9.17, 15) is 15.2 Å². The minimum Gasteiger partial charge on any atom is -0.493 e. The van der Waals surface area contributed by atoms with E-state index in [1.54, 1.807) is 31.2 Å².